The number of fused-ring (bicyclic) bond motifs is 7. The van der Waals surface area contributed by atoms with Crippen molar-refractivity contribution in [2.45, 2.75) is 105 Å². The van der Waals surface area contributed by atoms with Crippen LogP contribution in [-0.2, 0) is 9.59 Å². The SMILES string of the molecule is CC1(C)CC[C@]2(C(=O)O)CC[C@]3(CO)C(=CC(=O)[C@@H]4[C@@]5(C)CC[C@H](O)C(C)(C)[C@@H]5CC[C@]43C)[C@@H]2C1. The topological polar surface area (TPSA) is 94.8 Å². The Morgan fingerprint density at radius 3 is 2.26 bits per heavy atom. The van der Waals surface area contributed by atoms with Gasteiger partial charge in [0.2, 0.25) is 0 Å². The Morgan fingerprint density at radius 1 is 0.971 bits per heavy atom. The molecule has 0 saturated heterocycles. The molecule has 196 valence electrons. The van der Waals surface area contributed by atoms with Crippen molar-refractivity contribution in [1.29, 1.82) is 0 Å². The molecule has 5 nitrogen and oxygen atoms in total. The molecule has 0 aromatic heterocycles. The number of aliphatic hydroxyl groups is 2. The molecule has 5 aliphatic carbocycles. The fourth-order valence-electron chi connectivity index (χ4n) is 10.6. The van der Waals surface area contributed by atoms with Gasteiger partial charge in [0.1, 0.15) is 0 Å². The lowest BCUT2D eigenvalue weighted by atomic mass is 9.33. The maximum atomic E-state index is 14.2. The van der Waals surface area contributed by atoms with Gasteiger partial charge in [-0.3, -0.25) is 9.59 Å². The molecule has 0 aromatic carbocycles. The van der Waals surface area contributed by atoms with Gasteiger partial charge < -0.3 is 15.3 Å². The normalized spacial score (nSPS) is 50.2. The third-order valence-corrected chi connectivity index (χ3v) is 12.7. The second-order valence-electron chi connectivity index (χ2n) is 14.9. The summed E-state index contributed by atoms with van der Waals surface area (Å²) in [5.74, 6) is -0.784. The number of hydrogen-bond acceptors (Lipinski definition) is 4. The molecule has 0 radical (unpaired) electrons. The summed E-state index contributed by atoms with van der Waals surface area (Å²) in [4.78, 5) is 27.0. The summed E-state index contributed by atoms with van der Waals surface area (Å²) >= 11 is 0. The van der Waals surface area contributed by atoms with Crippen LogP contribution in [0.5, 0.6) is 0 Å². The summed E-state index contributed by atoms with van der Waals surface area (Å²) in [6.45, 7) is 13.2. The van der Waals surface area contributed by atoms with Gasteiger partial charge in [-0.25, -0.2) is 0 Å². The Balaban J connectivity index is 1.68. The quantitative estimate of drug-likeness (QED) is 0.487. The van der Waals surface area contributed by atoms with Gasteiger partial charge in [0.15, 0.2) is 5.78 Å². The largest absolute Gasteiger partial charge is 0.481 e. The molecule has 5 aliphatic rings. The fourth-order valence-corrected chi connectivity index (χ4v) is 10.6. The van der Waals surface area contributed by atoms with Gasteiger partial charge >= 0.3 is 5.97 Å². The highest BCUT2D eigenvalue weighted by atomic mass is 16.4. The van der Waals surface area contributed by atoms with Crippen LogP contribution in [0, 0.1) is 50.2 Å². The summed E-state index contributed by atoms with van der Waals surface area (Å²) in [6, 6.07) is 0. The number of ketones is 1. The van der Waals surface area contributed by atoms with Gasteiger partial charge in [-0.05, 0) is 97.4 Å². The van der Waals surface area contributed by atoms with Crippen LogP contribution in [0.4, 0.5) is 0 Å². The van der Waals surface area contributed by atoms with E-state index in [0.29, 0.717) is 25.7 Å². The van der Waals surface area contributed by atoms with Crippen LogP contribution in [0.1, 0.15) is 99.3 Å². The van der Waals surface area contributed by atoms with Gasteiger partial charge in [0, 0.05) is 11.3 Å². The highest BCUT2D eigenvalue weighted by Crippen LogP contribution is 2.75. The van der Waals surface area contributed by atoms with Crippen molar-refractivity contribution in [3.8, 4) is 0 Å². The van der Waals surface area contributed by atoms with E-state index in [1.165, 1.54) is 0 Å². The van der Waals surface area contributed by atoms with E-state index < -0.39 is 22.2 Å². The van der Waals surface area contributed by atoms with Gasteiger partial charge in [-0.2, -0.15) is 0 Å². The molecule has 5 rings (SSSR count). The highest BCUT2D eigenvalue weighted by molar-refractivity contribution is 5.96. The summed E-state index contributed by atoms with van der Waals surface area (Å²) in [6.07, 6.45) is 8.20. The van der Waals surface area contributed by atoms with Crippen LogP contribution in [-0.4, -0.2) is 39.8 Å². The summed E-state index contributed by atoms with van der Waals surface area (Å²) in [5.41, 5.74) is -1.36. The average Bonchev–Trinajstić information content (AvgIpc) is 2.76. The lowest BCUT2D eigenvalue weighted by Gasteiger charge is -2.70. The molecule has 0 spiro atoms. The Hall–Kier alpha value is -1.20. The summed E-state index contributed by atoms with van der Waals surface area (Å²) < 4.78 is 0. The number of carbonyl (C=O) groups is 2. The maximum absolute atomic E-state index is 14.2. The molecule has 0 bridgehead atoms. The van der Waals surface area contributed by atoms with Crippen molar-refractivity contribution in [2.24, 2.45) is 50.2 Å². The predicted octanol–water partition coefficient (Wildman–Crippen LogP) is 5.39. The number of allylic oxidation sites excluding steroid dienone is 1. The van der Waals surface area contributed by atoms with Crippen LogP contribution in [0.2, 0.25) is 0 Å². The van der Waals surface area contributed by atoms with Crippen molar-refractivity contribution in [3.63, 3.8) is 0 Å². The number of rotatable bonds is 2. The zero-order valence-electron chi connectivity index (χ0n) is 22.6. The minimum Gasteiger partial charge on any atom is -0.481 e. The molecule has 0 aromatic rings. The smallest absolute Gasteiger partial charge is 0.310 e. The number of carbonyl (C=O) groups excluding carboxylic acids is 1. The second kappa shape index (κ2) is 7.43. The molecule has 0 amide bonds. The number of carboxylic acid groups (broad SMARTS) is 1. The minimum absolute atomic E-state index is 0.0109. The second-order valence-corrected chi connectivity index (χ2v) is 14.9. The molecule has 4 saturated carbocycles. The maximum Gasteiger partial charge on any atom is 0.310 e. The van der Waals surface area contributed by atoms with E-state index in [-0.39, 0.29) is 52.5 Å². The lowest BCUT2D eigenvalue weighted by Crippen LogP contribution is -2.68. The lowest BCUT2D eigenvalue weighted by molar-refractivity contribution is -0.212. The van der Waals surface area contributed by atoms with Crippen LogP contribution in [0.3, 0.4) is 0 Å². The number of hydrogen-bond donors (Lipinski definition) is 3. The van der Waals surface area contributed by atoms with E-state index in [0.717, 1.165) is 37.7 Å². The van der Waals surface area contributed by atoms with Crippen molar-refractivity contribution in [1.82, 2.24) is 0 Å². The highest BCUT2D eigenvalue weighted by Gasteiger charge is 2.72. The van der Waals surface area contributed by atoms with Gasteiger partial charge in [-0.15, -0.1) is 0 Å². The molecule has 0 heterocycles. The van der Waals surface area contributed by atoms with Gasteiger partial charge in [0.05, 0.1) is 18.1 Å². The first-order valence-electron chi connectivity index (χ1n) is 13.9. The van der Waals surface area contributed by atoms with Crippen LogP contribution < -0.4 is 0 Å². The Morgan fingerprint density at radius 2 is 1.63 bits per heavy atom. The fraction of sp³-hybridized carbons (Fsp3) is 0.867. The summed E-state index contributed by atoms with van der Waals surface area (Å²) in [5, 5.41) is 32.5. The average molecular weight is 487 g/mol. The van der Waals surface area contributed by atoms with Crippen LogP contribution in [0.25, 0.3) is 0 Å². The molecule has 5 heteroatoms. The standard InChI is InChI=1S/C30H46O5/c1-25(2)11-12-29(24(34)35)13-14-30(17-31)18(19(29)16-25)15-20(32)23-27(5)9-8-22(33)26(3,4)21(27)7-10-28(23,30)6/h15,19,21-23,31,33H,7-14,16-17H2,1-6H3,(H,34,35)/t19-,21-,22-,23+,27-,28+,29-,30-/m0/s1. The van der Waals surface area contributed by atoms with Crippen LogP contribution in [0.15, 0.2) is 11.6 Å². The molecule has 0 aliphatic heterocycles. The predicted molar refractivity (Wildman–Crippen MR) is 134 cm³/mol. The van der Waals surface area contributed by atoms with Crippen molar-refractivity contribution >= 4 is 11.8 Å². The van der Waals surface area contributed by atoms with Crippen molar-refractivity contribution in [2.75, 3.05) is 6.61 Å². The first-order chi connectivity index (χ1) is 16.1. The van der Waals surface area contributed by atoms with Crippen LogP contribution >= 0.6 is 0 Å². The van der Waals surface area contributed by atoms with Gasteiger partial charge in [-0.1, -0.05) is 47.1 Å². The third-order valence-electron chi connectivity index (χ3n) is 12.7. The zero-order valence-corrected chi connectivity index (χ0v) is 22.6. The number of aliphatic hydroxyl groups excluding tert-OH is 2. The minimum atomic E-state index is -0.832. The number of aliphatic carboxylic acids is 1. The molecular formula is C30H46O5. The monoisotopic (exact) mass is 486 g/mol. The Labute approximate surface area is 210 Å². The van der Waals surface area contributed by atoms with E-state index >= 15 is 0 Å². The first kappa shape index (κ1) is 25.4. The zero-order chi connectivity index (χ0) is 25.8. The van der Waals surface area contributed by atoms with E-state index in [1.807, 2.05) is 6.08 Å². The number of carboxylic acids is 1. The van der Waals surface area contributed by atoms with Crippen molar-refractivity contribution in [3.05, 3.63) is 11.6 Å². The summed E-state index contributed by atoms with van der Waals surface area (Å²) in [7, 11) is 0. The van der Waals surface area contributed by atoms with Gasteiger partial charge in [0.25, 0.3) is 0 Å². The molecule has 0 unspecified atom stereocenters. The first-order valence-corrected chi connectivity index (χ1v) is 13.9. The van der Waals surface area contributed by atoms with Crippen molar-refractivity contribution < 1.29 is 24.9 Å². The van der Waals surface area contributed by atoms with E-state index in [9.17, 15) is 24.9 Å². The van der Waals surface area contributed by atoms with E-state index in [1.54, 1.807) is 0 Å². The van der Waals surface area contributed by atoms with E-state index in [2.05, 4.69) is 41.5 Å². The Kier molecular flexibility index (Phi) is 5.40. The molecule has 8 atom stereocenters. The Bertz CT molecular complexity index is 979. The molecular weight excluding hydrogens is 440 g/mol. The molecule has 35 heavy (non-hydrogen) atoms. The molecule has 3 N–H and O–H groups in total. The third kappa shape index (κ3) is 3.00. The molecule has 4 fully saturated rings. The van der Waals surface area contributed by atoms with E-state index in [4.69, 9.17) is 0 Å².